The number of rotatable bonds is 12. The molecule has 1 aromatic heterocycles. The predicted molar refractivity (Wildman–Crippen MR) is 136 cm³/mol. The summed E-state index contributed by atoms with van der Waals surface area (Å²) in [5, 5.41) is 15.6. The van der Waals surface area contributed by atoms with E-state index in [1.807, 2.05) is 59.1 Å². The van der Waals surface area contributed by atoms with E-state index in [9.17, 15) is 14.4 Å². The van der Waals surface area contributed by atoms with Crippen LogP contribution in [0.2, 0.25) is 0 Å². The van der Waals surface area contributed by atoms with Crippen molar-refractivity contribution in [3.05, 3.63) is 65.9 Å². The molecule has 10 nitrogen and oxygen atoms in total. The summed E-state index contributed by atoms with van der Waals surface area (Å²) in [6.45, 7) is 5.54. The standard InChI is InChI=1S/C22H31N3O3.C4H4O4/c1-16(14-24(3)4)27-19-11-9-18(10-12-19)21(26)20-8-7-13-23-22(20)28-17(2)15-25(5)6;5-3(6)1-2-4(7)8/h7-13,16-17H,14-15H2,1-6H3;1-2H,(H,5,6)(H,7,8)/b;2-1-. The molecular formula is C26H35N3O7. The number of carbonyl (C=O) groups is 3. The maximum Gasteiger partial charge on any atom is 0.328 e. The molecule has 10 heteroatoms. The van der Waals surface area contributed by atoms with E-state index < -0.39 is 11.9 Å². The zero-order valence-corrected chi connectivity index (χ0v) is 21.5. The average Bonchev–Trinajstić information content (AvgIpc) is 2.77. The number of ether oxygens (including phenoxy) is 2. The number of pyridine rings is 1. The van der Waals surface area contributed by atoms with Crippen LogP contribution in [0.5, 0.6) is 11.6 Å². The van der Waals surface area contributed by atoms with Gasteiger partial charge >= 0.3 is 11.9 Å². The lowest BCUT2D eigenvalue weighted by molar-refractivity contribution is -0.134. The maximum absolute atomic E-state index is 13.0. The molecule has 1 heterocycles. The summed E-state index contributed by atoms with van der Waals surface area (Å²) in [5.74, 6) is -1.53. The Labute approximate surface area is 211 Å². The number of nitrogens with zero attached hydrogens (tertiary/aromatic N) is 3. The molecule has 0 fully saturated rings. The summed E-state index contributed by atoms with van der Waals surface area (Å²) >= 11 is 0. The minimum absolute atomic E-state index is 0.0630. The smallest absolute Gasteiger partial charge is 0.328 e. The van der Waals surface area contributed by atoms with Gasteiger partial charge in [0, 0.05) is 37.0 Å². The molecule has 2 rings (SSSR count). The van der Waals surface area contributed by atoms with Gasteiger partial charge in [0.05, 0.1) is 5.56 Å². The fourth-order valence-corrected chi connectivity index (χ4v) is 3.17. The first-order chi connectivity index (χ1) is 16.9. The lowest BCUT2D eigenvalue weighted by Crippen LogP contribution is -2.28. The first kappa shape index (κ1) is 30.3. The molecule has 1 aromatic carbocycles. The van der Waals surface area contributed by atoms with Crippen molar-refractivity contribution in [2.45, 2.75) is 26.1 Å². The van der Waals surface area contributed by atoms with E-state index in [-0.39, 0.29) is 18.0 Å². The number of aliphatic carboxylic acids is 2. The van der Waals surface area contributed by atoms with E-state index in [1.165, 1.54) is 0 Å². The second-order valence-electron chi connectivity index (χ2n) is 8.60. The predicted octanol–water partition coefficient (Wildman–Crippen LogP) is 2.68. The Kier molecular flexibility index (Phi) is 12.8. The Hall–Kier alpha value is -3.76. The number of carbonyl (C=O) groups excluding carboxylic acids is 1. The number of likely N-dealkylation sites (N-methyl/N-ethyl adjacent to an activating group) is 2. The molecule has 2 unspecified atom stereocenters. The normalized spacial score (nSPS) is 12.6. The summed E-state index contributed by atoms with van der Waals surface area (Å²) in [4.78, 5) is 40.5. The van der Waals surface area contributed by atoms with Gasteiger partial charge in [-0.3, -0.25) is 4.79 Å². The Bertz CT molecular complexity index is 1000. The zero-order chi connectivity index (χ0) is 27.3. The van der Waals surface area contributed by atoms with Crippen LogP contribution in [-0.2, 0) is 9.59 Å². The first-order valence-corrected chi connectivity index (χ1v) is 11.3. The Morgan fingerprint density at radius 3 is 1.83 bits per heavy atom. The van der Waals surface area contributed by atoms with Crippen LogP contribution in [0.4, 0.5) is 0 Å². The lowest BCUT2D eigenvalue weighted by Gasteiger charge is -2.19. The molecule has 0 bridgehead atoms. The van der Waals surface area contributed by atoms with Crippen LogP contribution in [-0.4, -0.2) is 96.2 Å². The molecule has 0 saturated heterocycles. The summed E-state index contributed by atoms with van der Waals surface area (Å²) in [7, 11) is 7.98. The van der Waals surface area contributed by atoms with E-state index in [2.05, 4.69) is 9.88 Å². The third-order valence-electron chi connectivity index (χ3n) is 4.40. The fraction of sp³-hybridized carbons (Fsp3) is 0.385. The van der Waals surface area contributed by atoms with Crippen molar-refractivity contribution >= 4 is 17.7 Å². The zero-order valence-electron chi connectivity index (χ0n) is 21.5. The molecule has 0 saturated carbocycles. The number of carboxylic acid groups (broad SMARTS) is 2. The number of hydrogen-bond acceptors (Lipinski definition) is 8. The van der Waals surface area contributed by atoms with Crippen molar-refractivity contribution in [2.75, 3.05) is 41.3 Å². The monoisotopic (exact) mass is 501 g/mol. The molecule has 36 heavy (non-hydrogen) atoms. The van der Waals surface area contributed by atoms with Crippen molar-refractivity contribution in [3.63, 3.8) is 0 Å². The summed E-state index contributed by atoms with van der Waals surface area (Å²) < 4.78 is 11.8. The summed E-state index contributed by atoms with van der Waals surface area (Å²) in [6.07, 6.45) is 2.74. The van der Waals surface area contributed by atoms with Gasteiger partial charge in [-0.2, -0.15) is 0 Å². The molecule has 196 valence electrons. The van der Waals surface area contributed by atoms with Gasteiger partial charge in [-0.05, 0) is 78.4 Å². The molecule has 0 aliphatic carbocycles. The molecular weight excluding hydrogens is 466 g/mol. The van der Waals surface area contributed by atoms with Crippen molar-refractivity contribution in [1.29, 1.82) is 0 Å². The van der Waals surface area contributed by atoms with E-state index in [0.29, 0.717) is 29.2 Å². The first-order valence-electron chi connectivity index (χ1n) is 11.3. The van der Waals surface area contributed by atoms with Crippen LogP contribution in [0.15, 0.2) is 54.7 Å². The van der Waals surface area contributed by atoms with Crippen LogP contribution < -0.4 is 9.47 Å². The lowest BCUT2D eigenvalue weighted by atomic mass is 10.0. The van der Waals surface area contributed by atoms with Crippen molar-refractivity contribution < 1.29 is 34.1 Å². The Balaban J connectivity index is 0.000000697. The van der Waals surface area contributed by atoms with E-state index >= 15 is 0 Å². The number of aromatic nitrogens is 1. The molecule has 0 aliphatic heterocycles. The van der Waals surface area contributed by atoms with Gasteiger partial charge in [0.1, 0.15) is 18.0 Å². The topological polar surface area (TPSA) is 130 Å². The van der Waals surface area contributed by atoms with Gasteiger partial charge in [-0.1, -0.05) is 0 Å². The summed E-state index contributed by atoms with van der Waals surface area (Å²) in [5.41, 5.74) is 1.04. The highest BCUT2D eigenvalue weighted by Gasteiger charge is 2.18. The van der Waals surface area contributed by atoms with Crippen molar-refractivity contribution in [2.24, 2.45) is 0 Å². The van der Waals surface area contributed by atoms with E-state index in [1.54, 1.807) is 30.5 Å². The SMILES string of the molecule is CC(CN(C)C)Oc1ccc(C(=O)c2cccnc2OC(C)CN(C)C)cc1.O=C(O)/C=C\C(=O)O. The van der Waals surface area contributed by atoms with Crippen molar-refractivity contribution in [3.8, 4) is 11.6 Å². The van der Waals surface area contributed by atoms with Crippen LogP contribution in [0.3, 0.4) is 0 Å². The van der Waals surface area contributed by atoms with Gasteiger partial charge in [-0.15, -0.1) is 0 Å². The van der Waals surface area contributed by atoms with E-state index in [4.69, 9.17) is 19.7 Å². The highest BCUT2D eigenvalue weighted by molar-refractivity contribution is 6.10. The largest absolute Gasteiger partial charge is 0.489 e. The van der Waals surface area contributed by atoms with Gasteiger partial charge in [0.25, 0.3) is 0 Å². The van der Waals surface area contributed by atoms with Crippen molar-refractivity contribution in [1.82, 2.24) is 14.8 Å². The molecule has 0 radical (unpaired) electrons. The number of carboxylic acids is 2. The summed E-state index contributed by atoms with van der Waals surface area (Å²) in [6, 6.07) is 10.7. The molecule has 2 N–H and O–H groups in total. The van der Waals surface area contributed by atoms with Crippen LogP contribution in [0, 0.1) is 0 Å². The molecule has 2 aromatic rings. The van der Waals surface area contributed by atoms with Crippen LogP contribution in [0.25, 0.3) is 0 Å². The third-order valence-corrected chi connectivity index (χ3v) is 4.40. The number of ketones is 1. The number of hydrogen-bond donors (Lipinski definition) is 2. The van der Waals surface area contributed by atoms with Gasteiger partial charge in [0.15, 0.2) is 5.78 Å². The second-order valence-corrected chi connectivity index (χ2v) is 8.60. The van der Waals surface area contributed by atoms with Gasteiger partial charge in [0.2, 0.25) is 5.88 Å². The number of benzene rings is 1. The highest BCUT2D eigenvalue weighted by atomic mass is 16.5. The fourth-order valence-electron chi connectivity index (χ4n) is 3.17. The third kappa shape index (κ3) is 12.1. The van der Waals surface area contributed by atoms with Gasteiger partial charge < -0.3 is 29.5 Å². The molecule has 2 atom stereocenters. The average molecular weight is 502 g/mol. The highest BCUT2D eigenvalue weighted by Crippen LogP contribution is 2.22. The van der Waals surface area contributed by atoms with Crippen LogP contribution >= 0.6 is 0 Å². The quantitative estimate of drug-likeness (QED) is 0.331. The molecule has 0 aliphatic rings. The van der Waals surface area contributed by atoms with E-state index in [0.717, 1.165) is 18.8 Å². The maximum atomic E-state index is 13.0. The van der Waals surface area contributed by atoms with Gasteiger partial charge in [-0.25, -0.2) is 14.6 Å². The molecule has 0 spiro atoms. The Morgan fingerprint density at radius 1 is 0.861 bits per heavy atom. The minimum Gasteiger partial charge on any atom is -0.489 e. The van der Waals surface area contributed by atoms with Crippen LogP contribution in [0.1, 0.15) is 29.8 Å². The Morgan fingerprint density at radius 2 is 1.36 bits per heavy atom. The molecule has 0 amide bonds. The minimum atomic E-state index is -1.26. The second kappa shape index (κ2) is 15.3.